The zero-order valence-electron chi connectivity index (χ0n) is 22.5. The van der Waals surface area contributed by atoms with E-state index in [0.29, 0.717) is 42.4 Å². The number of methoxy groups -OCH3 is 1. The molecule has 10 nitrogen and oxygen atoms in total. The van der Waals surface area contributed by atoms with E-state index >= 15 is 0 Å². The van der Waals surface area contributed by atoms with Gasteiger partial charge >= 0.3 is 0 Å². The second kappa shape index (κ2) is 11.2. The molecule has 0 radical (unpaired) electrons. The van der Waals surface area contributed by atoms with Crippen molar-refractivity contribution in [3.8, 4) is 5.69 Å². The van der Waals surface area contributed by atoms with Crippen LogP contribution in [0.4, 0.5) is 11.5 Å². The highest BCUT2D eigenvalue weighted by atomic mass is 32.2. The first-order valence-electron chi connectivity index (χ1n) is 12.6. The number of carbonyl (C=O) groups is 1. The van der Waals surface area contributed by atoms with E-state index in [-0.39, 0.29) is 31.6 Å². The average molecular weight is 577 g/mol. The van der Waals surface area contributed by atoms with Gasteiger partial charge in [-0.15, -0.1) is 0 Å². The van der Waals surface area contributed by atoms with Crippen LogP contribution in [0.3, 0.4) is 0 Å². The SMILES string of the molecule is COCCCNc1nc2ccc(C)cn2c(=O)c1/C=C1/SC(=S)N(c2c(C)n(C)n(-c3ccccc3)c2=O)C1=O. The van der Waals surface area contributed by atoms with Crippen LogP contribution < -0.4 is 21.3 Å². The Bertz CT molecular complexity index is 1790. The number of pyridine rings is 1. The maximum atomic E-state index is 13.7. The number of fused-ring (bicyclic) bond motifs is 1. The molecule has 1 aliphatic heterocycles. The van der Waals surface area contributed by atoms with Gasteiger partial charge in [0.15, 0.2) is 4.32 Å². The van der Waals surface area contributed by atoms with Crippen LogP contribution in [0.2, 0.25) is 0 Å². The van der Waals surface area contributed by atoms with Crippen LogP contribution in [-0.2, 0) is 16.6 Å². The summed E-state index contributed by atoms with van der Waals surface area (Å²) in [7, 11) is 3.38. The summed E-state index contributed by atoms with van der Waals surface area (Å²) in [5, 5.41) is 3.21. The molecule has 0 bridgehead atoms. The lowest BCUT2D eigenvalue weighted by Crippen LogP contribution is -2.33. The number of benzene rings is 1. The zero-order valence-corrected chi connectivity index (χ0v) is 24.1. The van der Waals surface area contributed by atoms with Gasteiger partial charge < -0.3 is 10.1 Å². The predicted octanol–water partition coefficient (Wildman–Crippen LogP) is 3.65. The number of thiocarbonyl (C=S) groups is 1. The van der Waals surface area contributed by atoms with E-state index in [1.54, 1.807) is 38.0 Å². The van der Waals surface area contributed by atoms with Gasteiger partial charge in [0.25, 0.3) is 17.0 Å². The van der Waals surface area contributed by atoms with E-state index in [0.717, 1.165) is 17.3 Å². The molecule has 1 amide bonds. The Labute approximate surface area is 239 Å². The molecule has 40 heavy (non-hydrogen) atoms. The summed E-state index contributed by atoms with van der Waals surface area (Å²) in [5.74, 6) is -0.113. The van der Waals surface area contributed by atoms with E-state index in [1.165, 1.54) is 20.1 Å². The summed E-state index contributed by atoms with van der Waals surface area (Å²) in [6.07, 6.45) is 3.92. The third kappa shape index (κ3) is 4.89. The molecule has 0 atom stereocenters. The number of amides is 1. The molecule has 1 aliphatic rings. The summed E-state index contributed by atoms with van der Waals surface area (Å²) in [6, 6.07) is 12.8. The van der Waals surface area contributed by atoms with Gasteiger partial charge in [-0.05, 0) is 50.1 Å². The van der Waals surface area contributed by atoms with Crippen molar-refractivity contribution in [2.24, 2.45) is 7.05 Å². The number of anilines is 2. The minimum atomic E-state index is -0.472. The van der Waals surface area contributed by atoms with Crippen molar-refractivity contribution in [3.05, 3.63) is 91.1 Å². The van der Waals surface area contributed by atoms with Gasteiger partial charge in [0.05, 0.1) is 21.8 Å². The number of aromatic nitrogens is 4. The Morgan fingerprint density at radius 1 is 1.07 bits per heavy atom. The Balaban J connectivity index is 1.59. The zero-order chi connectivity index (χ0) is 28.6. The Hall–Kier alpha value is -4.00. The van der Waals surface area contributed by atoms with E-state index in [4.69, 9.17) is 17.0 Å². The predicted molar refractivity (Wildman–Crippen MR) is 163 cm³/mol. The van der Waals surface area contributed by atoms with E-state index in [1.807, 2.05) is 43.3 Å². The third-order valence-corrected chi connectivity index (χ3v) is 7.94. The molecule has 1 N–H and O–H groups in total. The van der Waals surface area contributed by atoms with Crippen molar-refractivity contribution in [1.29, 1.82) is 0 Å². The van der Waals surface area contributed by atoms with Crippen molar-refractivity contribution in [2.75, 3.05) is 30.5 Å². The molecule has 0 spiro atoms. The molecule has 12 heteroatoms. The molecular formula is C28H28N6O4S2. The summed E-state index contributed by atoms with van der Waals surface area (Å²) in [6.45, 7) is 4.72. The quantitative estimate of drug-likeness (QED) is 0.193. The molecule has 1 aromatic carbocycles. The molecule has 0 saturated carbocycles. The lowest BCUT2D eigenvalue weighted by molar-refractivity contribution is -0.113. The lowest BCUT2D eigenvalue weighted by atomic mass is 10.2. The lowest BCUT2D eigenvalue weighted by Gasteiger charge is -2.13. The average Bonchev–Trinajstić information content (AvgIpc) is 3.33. The number of ether oxygens (including phenoxy) is 1. The van der Waals surface area contributed by atoms with Crippen LogP contribution in [0.15, 0.2) is 63.2 Å². The minimum absolute atomic E-state index is 0.180. The second-order valence-electron chi connectivity index (χ2n) is 9.31. The fraction of sp³-hybridized carbons (Fsp3) is 0.250. The fourth-order valence-corrected chi connectivity index (χ4v) is 5.80. The number of rotatable bonds is 8. The molecule has 1 saturated heterocycles. The molecule has 3 aromatic heterocycles. The number of para-hydroxylation sites is 1. The number of thioether (sulfide) groups is 1. The van der Waals surface area contributed by atoms with Gasteiger partial charge in [0.1, 0.15) is 17.2 Å². The van der Waals surface area contributed by atoms with Crippen LogP contribution in [-0.4, -0.2) is 49.2 Å². The highest BCUT2D eigenvalue weighted by Gasteiger charge is 2.38. The number of hydrogen-bond acceptors (Lipinski definition) is 8. The minimum Gasteiger partial charge on any atom is -0.385 e. The highest BCUT2D eigenvalue weighted by molar-refractivity contribution is 8.27. The molecule has 0 unspecified atom stereocenters. The van der Waals surface area contributed by atoms with Crippen molar-refractivity contribution in [3.63, 3.8) is 0 Å². The van der Waals surface area contributed by atoms with Crippen molar-refractivity contribution >= 4 is 57.4 Å². The second-order valence-corrected chi connectivity index (χ2v) is 11.0. The van der Waals surface area contributed by atoms with Crippen LogP contribution in [0, 0.1) is 13.8 Å². The molecule has 4 heterocycles. The van der Waals surface area contributed by atoms with E-state index in [2.05, 4.69) is 10.3 Å². The van der Waals surface area contributed by atoms with Crippen molar-refractivity contribution < 1.29 is 9.53 Å². The van der Waals surface area contributed by atoms with Crippen LogP contribution in [0.25, 0.3) is 17.4 Å². The number of nitrogens with zero attached hydrogens (tertiary/aromatic N) is 5. The Kier molecular flexibility index (Phi) is 7.74. The molecule has 5 rings (SSSR count). The summed E-state index contributed by atoms with van der Waals surface area (Å²) >= 11 is 6.63. The van der Waals surface area contributed by atoms with Gasteiger partial charge in [0.2, 0.25) is 0 Å². The Morgan fingerprint density at radius 2 is 1.82 bits per heavy atom. The normalized spacial score (nSPS) is 14.6. The van der Waals surface area contributed by atoms with Crippen molar-refractivity contribution in [1.82, 2.24) is 18.7 Å². The van der Waals surface area contributed by atoms with Gasteiger partial charge in [-0.1, -0.05) is 48.2 Å². The van der Waals surface area contributed by atoms with E-state index in [9.17, 15) is 14.4 Å². The first kappa shape index (κ1) is 27.6. The molecular weight excluding hydrogens is 548 g/mol. The summed E-state index contributed by atoms with van der Waals surface area (Å²) < 4.78 is 9.99. The van der Waals surface area contributed by atoms with Gasteiger partial charge in [-0.2, -0.15) is 0 Å². The first-order chi connectivity index (χ1) is 19.2. The topological polar surface area (TPSA) is 103 Å². The van der Waals surface area contributed by atoms with Gasteiger partial charge in [0, 0.05) is 33.5 Å². The summed E-state index contributed by atoms with van der Waals surface area (Å²) in [5.41, 5.74) is 2.34. The number of nitrogens with one attached hydrogen (secondary N) is 1. The van der Waals surface area contributed by atoms with Crippen LogP contribution in [0.1, 0.15) is 23.2 Å². The molecule has 0 aliphatic carbocycles. The first-order valence-corrected chi connectivity index (χ1v) is 13.8. The smallest absolute Gasteiger partial charge is 0.296 e. The van der Waals surface area contributed by atoms with Crippen molar-refractivity contribution in [2.45, 2.75) is 20.3 Å². The number of hydrogen-bond donors (Lipinski definition) is 1. The monoisotopic (exact) mass is 576 g/mol. The summed E-state index contributed by atoms with van der Waals surface area (Å²) in [4.78, 5) is 47.1. The maximum Gasteiger partial charge on any atom is 0.296 e. The number of aryl methyl sites for hydroxylation is 1. The van der Waals surface area contributed by atoms with Crippen LogP contribution in [0.5, 0.6) is 0 Å². The number of carbonyl (C=O) groups excluding carboxylic acids is 1. The van der Waals surface area contributed by atoms with E-state index < -0.39 is 5.91 Å². The molecule has 206 valence electrons. The maximum absolute atomic E-state index is 13.7. The third-order valence-electron chi connectivity index (χ3n) is 6.64. The standard InChI is InChI=1S/C28H28N6O4S2/c1-17-11-12-22-30-24(29-13-8-14-38-4)20(25(35)32(22)16-17)15-21-26(36)33(28(39)40-21)23-18(2)31(3)34(27(23)37)19-9-6-5-7-10-19/h5-7,9-12,15-16,29H,8,13-14H2,1-4H3/b21-15+. The fourth-order valence-electron chi connectivity index (χ4n) is 4.55. The van der Waals surface area contributed by atoms with Crippen LogP contribution >= 0.6 is 24.0 Å². The highest BCUT2D eigenvalue weighted by Crippen LogP contribution is 2.36. The molecule has 4 aromatic rings. The Morgan fingerprint density at radius 3 is 2.55 bits per heavy atom. The van der Waals surface area contributed by atoms with Gasteiger partial charge in [-0.3, -0.25) is 28.4 Å². The largest absolute Gasteiger partial charge is 0.385 e. The van der Waals surface area contributed by atoms with Gasteiger partial charge in [-0.25, -0.2) is 9.67 Å². The molecule has 1 fully saturated rings.